The first-order valence-corrected chi connectivity index (χ1v) is 11.3. The molecule has 1 amide bonds. The number of methoxy groups -OCH3 is 1. The largest absolute Gasteiger partial charge is 0.497 e. The van der Waals surface area contributed by atoms with E-state index in [0.29, 0.717) is 17.3 Å². The van der Waals surface area contributed by atoms with E-state index in [9.17, 15) is 4.79 Å². The number of anilines is 1. The Morgan fingerprint density at radius 1 is 1.03 bits per heavy atom. The summed E-state index contributed by atoms with van der Waals surface area (Å²) in [6.45, 7) is 3.87. The molecule has 4 rings (SSSR count). The summed E-state index contributed by atoms with van der Waals surface area (Å²) in [6.07, 6.45) is 1.67. The first kappa shape index (κ1) is 23.0. The van der Waals surface area contributed by atoms with E-state index >= 15 is 0 Å². The number of piperazine rings is 1. The Balaban J connectivity index is 1.31. The molecule has 3 aromatic rings. The average molecular weight is 470 g/mol. The van der Waals surface area contributed by atoms with Crippen LogP contribution in [-0.4, -0.2) is 57.2 Å². The number of rotatable bonds is 9. The first-order chi connectivity index (χ1) is 16.1. The van der Waals surface area contributed by atoms with Gasteiger partial charge in [-0.1, -0.05) is 11.6 Å². The van der Waals surface area contributed by atoms with Crippen molar-refractivity contribution < 1.29 is 18.7 Å². The molecule has 0 spiro atoms. The topological polar surface area (TPSA) is 67.2 Å². The van der Waals surface area contributed by atoms with Crippen molar-refractivity contribution in [2.75, 3.05) is 51.3 Å². The number of hydrogen-bond acceptors (Lipinski definition) is 6. The van der Waals surface area contributed by atoms with Crippen molar-refractivity contribution >= 4 is 23.2 Å². The highest BCUT2D eigenvalue weighted by atomic mass is 35.5. The van der Waals surface area contributed by atoms with Crippen LogP contribution in [0.4, 0.5) is 5.69 Å². The van der Waals surface area contributed by atoms with E-state index in [1.807, 2.05) is 24.3 Å². The van der Waals surface area contributed by atoms with Crippen molar-refractivity contribution in [1.82, 2.24) is 10.2 Å². The fourth-order valence-corrected chi connectivity index (χ4v) is 4.04. The zero-order chi connectivity index (χ0) is 23.0. The molecule has 0 bridgehead atoms. The summed E-state index contributed by atoms with van der Waals surface area (Å²) in [7, 11) is 1.67. The van der Waals surface area contributed by atoms with E-state index in [2.05, 4.69) is 27.2 Å². The molecule has 0 radical (unpaired) electrons. The highest BCUT2D eigenvalue weighted by molar-refractivity contribution is 6.30. The number of ether oxygens (including phenoxy) is 2. The second-order valence-corrected chi connectivity index (χ2v) is 8.24. The Kier molecular flexibility index (Phi) is 7.75. The van der Waals surface area contributed by atoms with Gasteiger partial charge in [0.25, 0.3) is 5.91 Å². The quantitative estimate of drug-likeness (QED) is 0.511. The zero-order valence-electron chi connectivity index (χ0n) is 18.6. The molecular weight excluding hydrogens is 442 g/mol. The molecule has 0 saturated carbocycles. The lowest BCUT2D eigenvalue weighted by Gasteiger charge is -2.39. The molecule has 1 unspecified atom stereocenters. The van der Waals surface area contributed by atoms with E-state index in [1.54, 1.807) is 37.6 Å². The molecule has 2 heterocycles. The van der Waals surface area contributed by atoms with Crippen LogP contribution in [0.25, 0.3) is 0 Å². The third kappa shape index (κ3) is 6.21. The maximum absolute atomic E-state index is 12.4. The molecule has 1 atom stereocenters. The molecule has 1 aliphatic rings. The van der Waals surface area contributed by atoms with Gasteiger partial charge in [0.1, 0.15) is 17.3 Å². The van der Waals surface area contributed by atoms with Gasteiger partial charge in [0.15, 0.2) is 6.61 Å². The van der Waals surface area contributed by atoms with Gasteiger partial charge in [-0.2, -0.15) is 0 Å². The number of nitrogens with zero attached hydrogens (tertiary/aromatic N) is 2. The summed E-state index contributed by atoms with van der Waals surface area (Å²) >= 11 is 5.88. The van der Waals surface area contributed by atoms with Crippen LogP contribution in [-0.2, 0) is 4.79 Å². The number of amides is 1. The Bertz CT molecular complexity index is 1000. The van der Waals surface area contributed by atoms with Crippen LogP contribution >= 0.6 is 11.6 Å². The van der Waals surface area contributed by atoms with Crippen molar-refractivity contribution in [2.24, 2.45) is 0 Å². The van der Waals surface area contributed by atoms with Crippen LogP contribution in [0.2, 0.25) is 5.02 Å². The van der Waals surface area contributed by atoms with E-state index in [-0.39, 0.29) is 18.6 Å². The third-order valence-corrected chi connectivity index (χ3v) is 5.99. The Morgan fingerprint density at radius 2 is 1.73 bits per heavy atom. The predicted octanol–water partition coefficient (Wildman–Crippen LogP) is 4.00. The Hall–Kier alpha value is -3.16. The molecule has 1 fully saturated rings. The number of halogens is 1. The Morgan fingerprint density at radius 3 is 2.36 bits per heavy atom. The molecule has 1 aliphatic heterocycles. The molecule has 33 heavy (non-hydrogen) atoms. The van der Waals surface area contributed by atoms with E-state index in [0.717, 1.165) is 37.7 Å². The highest BCUT2D eigenvalue weighted by Gasteiger charge is 2.27. The van der Waals surface area contributed by atoms with Crippen LogP contribution < -0.4 is 19.7 Å². The van der Waals surface area contributed by atoms with Crippen LogP contribution in [0.1, 0.15) is 11.8 Å². The predicted molar refractivity (Wildman–Crippen MR) is 128 cm³/mol. The summed E-state index contributed by atoms with van der Waals surface area (Å²) in [6, 6.07) is 18.9. The number of carbonyl (C=O) groups is 1. The average Bonchev–Trinajstić information content (AvgIpc) is 3.39. The molecule has 1 aromatic heterocycles. The van der Waals surface area contributed by atoms with Gasteiger partial charge in [-0.3, -0.25) is 9.69 Å². The molecule has 8 heteroatoms. The monoisotopic (exact) mass is 469 g/mol. The maximum atomic E-state index is 12.4. The van der Waals surface area contributed by atoms with Gasteiger partial charge in [0, 0.05) is 43.4 Å². The minimum Gasteiger partial charge on any atom is -0.497 e. The summed E-state index contributed by atoms with van der Waals surface area (Å²) in [4.78, 5) is 17.1. The van der Waals surface area contributed by atoms with Gasteiger partial charge in [-0.25, -0.2) is 0 Å². The van der Waals surface area contributed by atoms with E-state index in [1.165, 1.54) is 5.69 Å². The summed E-state index contributed by atoms with van der Waals surface area (Å²) < 4.78 is 16.5. The lowest BCUT2D eigenvalue weighted by molar-refractivity contribution is -0.123. The van der Waals surface area contributed by atoms with Crippen LogP contribution in [0.5, 0.6) is 11.5 Å². The normalized spacial score (nSPS) is 15.2. The van der Waals surface area contributed by atoms with Crippen LogP contribution in [0.15, 0.2) is 71.3 Å². The van der Waals surface area contributed by atoms with Crippen molar-refractivity contribution in [3.63, 3.8) is 0 Å². The number of furan rings is 1. The van der Waals surface area contributed by atoms with Gasteiger partial charge in [0.05, 0.1) is 19.4 Å². The van der Waals surface area contributed by atoms with Crippen LogP contribution in [0, 0.1) is 0 Å². The van der Waals surface area contributed by atoms with Crippen molar-refractivity contribution in [3.05, 3.63) is 77.7 Å². The lowest BCUT2D eigenvalue weighted by atomic mass is 10.1. The summed E-state index contributed by atoms with van der Waals surface area (Å²) in [5.74, 6) is 2.11. The lowest BCUT2D eigenvalue weighted by Crippen LogP contribution is -2.50. The smallest absolute Gasteiger partial charge is 0.258 e. The van der Waals surface area contributed by atoms with Crippen molar-refractivity contribution in [3.8, 4) is 11.5 Å². The maximum Gasteiger partial charge on any atom is 0.258 e. The van der Waals surface area contributed by atoms with Gasteiger partial charge < -0.3 is 24.1 Å². The third-order valence-electron chi connectivity index (χ3n) is 5.74. The minimum atomic E-state index is -0.182. The number of benzene rings is 2. The number of hydrogen-bond donors (Lipinski definition) is 1. The highest BCUT2D eigenvalue weighted by Crippen LogP contribution is 2.25. The fraction of sp³-hybridized carbons (Fsp3) is 0.320. The molecule has 7 nitrogen and oxygen atoms in total. The van der Waals surface area contributed by atoms with E-state index in [4.69, 9.17) is 25.5 Å². The SMILES string of the molecule is COc1ccc(N2CCN(C(CNC(=O)COc3ccc(Cl)cc3)c3ccco3)CC2)cc1. The van der Waals surface area contributed by atoms with Crippen molar-refractivity contribution in [2.45, 2.75) is 6.04 Å². The fourth-order valence-electron chi connectivity index (χ4n) is 3.92. The zero-order valence-corrected chi connectivity index (χ0v) is 19.3. The van der Waals surface area contributed by atoms with Gasteiger partial charge >= 0.3 is 0 Å². The molecule has 0 aliphatic carbocycles. The molecular formula is C25H28ClN3O4. The van der Waals surface area contributed by atoms with Gasteiger partial charge in [-0.05, 0) is 60.7 Å². The first-order valence-electron chi connectivity index (χ1n) is 10.9. The second-order valence-electron chi connectivity index (χ2n) is 7.80. The van der Waals surface area contributed by atoms with Gasteiger partial charge in [0.2, 0.25) is 0 Å². The van der Waals surface area contributed by atoms with E-state index < -0.39 is 0 Å². The Labute approximate surface area is 198 Å². The molecule has 174 valence electrons. The van der Waals surface area contributed by atoms with Crippen molar-refractivity contribution in [1.29, 1.82) is 0 Å². The molecule has 1 N–H and O–H groups in total. The number of carbonyl (C=O) groups excluding carboxylic acids is 1. The van der Waals surface area contributed by atoms with Gasteiger partial charge in [-0.15, -0.1) is 0 Å². The minimum absolute atomic E-state index is 0.0440. The second kappa shape index (κ2) is 11.1. The summed E-state index contributed by atoms with van der Waals surface area (Å²) in [5.41, 5.74) is 1.18. The number of nitrogens with one attached hydrogen (secondary N) is 1. The van der Waals surface area contributed by atoms with Crippen LogP contribution in [0.3, 0.4) is 0 Å². The molecule has 1 saturated heterocycles. The summed E-state index contributed by atoms with van der Waals surface area (Å²) in [5, 5.41) is 3.61. The standard InChI is InChI=1S/C25H28ClN3O4/c1-31-21-10-6-20(7-11-21)28-12-14-29(15-13-28)23(24-3-2-16-32-24)17-27-25(30)18-33-22-8-4-19(26)5-9-22/h2-11,16,23H,12-15,17-18H2,1H3,(H,27,30). The molecule has 2 aromatic carbocycles.